The van der Waals surface area contributed by atoms with Crippen LogP contribution in [0.2, 0.25) is 0 Å². The molecule has 0 atom stereocenters. The van der Waals surface area contributed by atoms with E-state index in [0.717, 1.165) is 12.1 Å². The summed E-state index contributed by atoms with van der Waals surface area (Å²) in [5, 5.41) is 13.2. The molecule has 0 aliphatic carbocycles. The van der Waals surface area contributed by atoms with Gasteiger partial charge in [-0.1, -0.05) is 17.8 Å². The van der Waals surface area contributed by atoms with E-state index in [1.54, 1.807) is 24.3 Å². The molecule has 0 radical (unpaired) electrons. The number of nitriles is 1. The molecule has 0 saturated heterocycles. The van der Waals surface area contributed by atoms with E-state index in [9.17, 15) is 8.78 Å². The zero-order chi connectivity index (χ0) is 24.5. The van der Waals surface area contributed by atoms with Gasteiger partial charge in [0, 0.05) is 40.6 Å². The van der Waals surface area contributed by atoms with Crippen LogP contribution in [0.1, 0.15) is 30.9 Å². The fraction of sp³-hybridized carbons (Fsp3) is 0.200. The molecule has 7 nitrogen and oxygen atoms in total. The van der Waals surface area contributed by atoms with Crippen molar-refractivity contribution in [3.05, 3.63) is 83.4 Å². The molecule has 0 spiro atoms. The Balaban J connectivity index is 0.00000342. The Kier molecular flexibility index (Phi) is 7.66. The summed E-state index contributed by atoms with van der Waals surface area (Å²) in [6, 6.07) is 14.5. The van der Waals surface area contributed by atoms with Crippen LogP contribution >= 0.6 is 0 Å². The standard InChI is InChI=1S/C25H19F2N5O2.Pt/c1-25(2,23-12-18(34-4)13-24(30-23)32-8-7-16(14-28)31-32)22-11-17(33-3)10-21(29-22)19-6-5-15(26)9-20(19)27;/h5,7,9-13H,1-4H3;/q-2;+2. The molecule has 0 unspecified atom stereocenters. The van der Waals surface area contributed by atoms with Crippen LogP contribution < -0.4 is 9.47 Å². The molecule has 0 fully saturated rings. The molecule has 0 saturated carbocycles. The van der Waals surface area contributed by atoms with Crippen LogP contribution in [0.15, 0.2) is 42.5 Å². The summed E-state index contributed by atoms with van der Waals surface area (Å²) in [6.45, 7) is 3.78. The molecule has 4 aromatic rings. The van der Waals surface area contributed by atoms with Crippen LogP contribution in [0, 0.1) is 35.2 Å². The zero-order valence-corrected chi connectivity index (χ0v) is 21.4. The van der Waals surface area contributed by atoms with E-state index in [1.165, 1.54) is 25.0 Å². The molecule has 180 valence electrons. The van der Waals surface area contributed by atoms with Gasteiger partial charge >= 0.3 is 21.1 Å². The number of aromatic nitrogens is 4. The van der Waals surface area contributed by atoms with Crippen molar-refractivity contribution in [1.82, 2.24) is 19.7 Å². The number of methoxy groups -OCH3 is 2. The SMILES string of the molecule is COc1cc(-c2[c-]cc(F)cc2F)nc(C(C)(C)c2cc(OC)cc(-n3[c-]cc(C#N)n3)n2)c1.[Pt+2]. The first-order valence-corrected chi connectivity index (χ1v) is 10.1. The summed E-state index contributed by atoms with van der Waals surface area (Å²) >= 11 is 0. The van der Waals surface area contributed by atoms with Gasteiger partial charge in [-0.05, 0) is 31.7 Å². The smallest absolute Gasteiger partial charge is 0.498 e. The fourth-order valence-electron chi connectivity index (χ4n) is 3.34. The molecule has 3 aromatic heterocycles. The van der Waals surface area contributed by atoms with Crippen LogP contribution in [0.25, 0.3) is 17.1 Å². The van der Waals surface area contributed by atoms with E-state index in [-0.39, 0.29) is 38.0 Å². The summed E-state index contributed by atoms with van der Waals surface area (Å²) < 4.78 is 40.1. The predicted molar refractivity (Wildman–Crippen MR) is 119 cm³/mol. The van der Waals surface area contributed by atoms with Crippen molar-refractivity contribution in [1.29, 1.82) is 5.26 Å². The third-order valence-electron chi connectivity index (χ3n) is 5.31. The normalized spacial score (nSPS) is 10.9. The van der Waals surface area contributed by atoms with Crippen molar-refractivity contribution >= 4 is 0 Å². The van der Waals surface area contributed by atoms with E-state index >= 15 is 0 Å². The van der Waals surface area contributed by atoms with Crippen molar-refractivity contribution in [3.8, 4) is 34.6 Å². The fourth-order valence-corrected chi connectivity index (χ4v) is 3.34. The van der Waals surface area contributed by atoms with Crippen LogP contribution in [0.4, 0.5) is 8.78 Å². The van der Waals surface area contributed by atoms with Gasteiger partial charge in [0.05, 0.1) is 31.8 Å². The van der Waals surface area contributed by atoms with Gasteiger partial charge < -0.3 is 14.2 Å². The predicted octanol–water partition coefficient (Wildman–Crippen LogP) is 4.42. The third kappa shape index (κ3) is 5.23. The Morgan fingerprint density at radius 2 is 1.63 bits per heavy atom. The van der Waals surface area contributed by atoms with E-state index < -0.39 is 17.0 Å². The molecule has 10 heteroatoms. The van der Waals surface area contributed by atoms with E-state index in [0.29, 0.717) is 28.7 Å². The van der Waals surface area contributed by atoms with Crippen LogP contribution in [-0.4, -0.2) is 34.0 Å². The Bertz CT molecular complexity index is 1420. The van der Waals surface area contributed by atoms with Crippen molar-refractivity contribution in [3.63, 3.8) is 0 Å². The summed E-state index contributed by atoms with van der Waals surface area (Å²) in [5.74, 6) is -0.171. The summed E-state index contributed by atoms with van der Waals surface area (Å²) in [6.07, 6.45) is 2.86. The van der Waals surface area contributed by atoms with Gasteiger partial charge in [-0.3, -0.25) is 18.7 Å². The van der Waals surface area contributed by atoms with Gasteiger partial charge in [0.25, 0.3) is 0 Å². The van der Waals surface area contributed by atoms with E-state index in [2.05, 4.69) is 22.3 Å². The van der Waals surface area contributed by atoms with Gasteiger partial charge in [0.15, 0.2) is 0 Å². The summed E-state index contributed by atoms with van der Waals surface area (Å²) in [7, 11) is 3.02. The monoisotopic (exact) mass is 654 g/mol. The minimum Gasteiger partial charge on any atom is -0.498 e. The third-order valence-corrected chi connectivity index (χ3v) is 5.31. The summed E-state index contributed by atoms with van der Waals surface area (Å²) in [4.78, 5) is 9.34. The maximum atomic E-state index is 14.5. The molecule has 4 rings (SSSR count). The van der Waals surface area contributed by atoms with Gasteiger partial charge in [-0.25, -0.2) is 10.4 Å². The average Bonchev–Trinajstić information content (AvgIpc) is 3.33. The molecular weight excluding hydrogens is 635 g/mol. The summed E-state index contributed by atoms with van der Waals surface area (Å²) in [5.41, 5.74) is 0.734. The average molecular weight is 655 g/mol. The van der Waals surface area contributed by atoms with Crippen LogP contribution in [-0.2, 0) is 26.5 Å². The van der Waals surface area contributed by atoms with Gasteiger partial charge in [0.1, 0.15) is 11.5 Å². The number of benzene rings is 1. The van der Waals surface area contributed by atoms with Crippen molar-refractivity contribution < 1.29 is 39.3 Å². The maximum absolute atomic E-state index is 14.5. The quantitative estimate of drug-likeness (QED) is 0.287. The van der Waals surface area contributed by atoms with Crippen molar-refractivity contribution in [2.75, 3.05) is 14.2 Å². The van der Waals surface area contributed by atoms with Crippen LogP contribution in [0.5, 0.6) is 11.5 Å². The second-order valence-corrected chi connectivity index (χ2v) is 7.88. The molecule has 0 aliphatic heterocycles. The number of hydrogen-bond acceptors (Lipinski definition) is 6. The first-order valence-electron chi connectivity index (χ1n) is 10.1. The topological polar surface area (TPSA) is 85.9 Å². The molecule has 0 aliphatic rings. The number of rotatable bonds is 6. The molecule has 1 aromatic carbocycles. The van der Waals surface area contributed by atoms with Crippen LogP contribution in [0.3, 0.4) is 0 Å². The largest absolute Gasteiger partial charge is 2.00 e. The maximum Gasteiger partial charge on any atom is 2.00 e. The minimum atomic E-state index is -0.811. The Morgan fingerprint density at radius 1 is 0.971 bits per heavy atom. The Hall–Kier alpha value is -3.63. The zero-order valence-electron chi connectivity index (χ0n) is 19.2. The molecule has 0 amide bonds. The number of ether oxygens (including phenoxy) is 2. The Labute approximate surface area is 215 Å². The second kappa shape index (κ2) is 10.3. The molecule has 3 heterocycles. The first kappa shape index (κ1) is 26.0. The molecular formula is C25H19F2N5O2Pt. The van der Waals surface area contributed by atoms with Gasteiger partial charge in [0.2, 0.25) is 0 Å². The number of hydrogen-bond donors (Lipinski definition) is 0. The number of halogens is 2. The second-order valence-electron chi connectivity index (χ2n) is 7.88. The Morgan fingerprint density at radius 3 is 2.23 bits per heavy atom. The minimum absolute atomic E-state index is 0. The number of nitrogens with zero attached hydrogens (tertiary/aromatic N) is 5. The molecule has 0 N–H and O–H groups in total. The first-order chi connectivity index (χ1) is 16.2. The van der Waals surface area contributed by atoms with Gasteiger partial charge in [-0.2, -0.15) is 0 Å². The molecule has 35 heavy (non-hydrogen) atoms. The molecule has 0 bridgehead atoms. The van der Waals surface area contributed by atoms with Crippen molar-refractivity contribution in [2.45, 2.75) is 19.3 Å². The van der Waals surface area contributed by atoms with E-state index in [1.807, 2.05) is 19.9 Å². The number of pyridine rings is 2. The van der Waals surface area contributed by atoms with E-state index in [4.69, 9.17) is 19.7 Å². The van der Waals surface area contributed by atoms with Gasteiger partial charge in [-0.15, -0.1) is 18.2 Å². The van der Waals surface area contributed by atoms with Crippen molar-refractivity contribution in [2.24, 2.45) is 0 Å².